The van der Waals surface area contributed by atoms with Crippen LogP contribution in [0.15, 0.2) is 41.6 Å². The highest BCUT2D eigenvalue weighted by molar-refractivity contribution is 5.54. The van der Waals surface area contributed by atoms with E-state index in [1.807, 2.05) is 0 Å². The van der Waals surface area contributed by atoms with Gasteiger partial charge in [-0.3, -0.25) is 0 Å². The first-order chi connectivity index (χ1) is 10.3. The highest BCUT2D eigenvalue weighted by atomic mass is 19.1. The Balaban J connectivity index is 3.22. The zero-order valence-corrected chi connectivity index (χ0v) is 12.3. The Morgan fingerprint density at radius 2 is 2.09 bits per heavy atom. The SMILES string of the molecule is C=CN(C(/N=C\N)=C(\N)C(=C)N)[C@@H]1O[C@H]([C@H](C)O)[C@@H](O)[C@H]1F. The quantitative estimate of drug-likeness (QED) is 0.236. The normalized spacial score (nSPS) is 30.9. The molecule has 1 saturated heterocycles. The fourth-order valence-corrected chi connectivity index (χ4v) is 2.08. The van der Waals surface area contributed by atoms with Crippen LogP contribution in [0.25, 0.3) is 0 Å². The second-order valence-electron chi connectivity index (χ2n) is 4.80. The van der Waals surface area contributed by atoms with Crippen molar-refractivity contribution < 1.29 is 19.3 Å². The van der Waals surface area contributed by atoms with Crippen LogP contribution in [0.4, 0.5) is 4.39 Å². The van der Waals surface area contributed by atoms with Crippen LogP contribution in [-0.4, -0.2) is 52.2 Å². The van der Waals surface area contributed by atoms with E-state index in [4.69, 9.17) is 21.9 Å². The number of ether oxygens (including phenoxy) is 1. The molecule has 1 rings (SSSR count). The lowest BCUT2D eigenvalue weighted by atomic mass is 10.1. The third-order valence-electron chi connectivity index (χ3n) is 3.21. The number of rotatable bonds is 6. The summed E-state index contributed by atoms with van der Waals surface area (Å²) >= 11 is 0. The van der Waals surface area contributed by atoms with Gasteiger partial charge >= 0.3 is 0 Å². The van der Waals surface area contributed by atoms with Crippen LogP contribution in [-0.2, 0) is 4.74 Å². The van der Waals surface area contributed by atoms with Crippen LogP contribution >= 0.6 is 0 Å². The number of nitrogens with two attached hydrogens (primary N) is 3. The van der Waals surface area contributed by atoms with E-state index in [1.54, 1.807) is 0 Å². The molecule has 0 aliphatic carbocycles. The molecule has 0 amide bonds. The van der Waals surface area contributed by atoms with Gasteiger partial charge in [0.1, 0.15) is 12.2 Å². The van der Waals surface area contributed by atoms with E-state index in [-0.39, 0.29) is 17.2 Å². The fourth-order valence-electron chi connectivity index (χ4n) is 2.08. The second-order valence-corrected chi connectivity index (χ2v) is 4.80. The number of hydrogen-bond acceptors (Lipinski definition) is 7. The third-order valence-corrected chi connectivity index (χ3v) is 3.21. The van der Waals surface area contributed by atoms with E-state index in [1.165, 1.54) is 13.1 Å². The van der Waals surface area contributed by atoms with E-state index in [9.17, 15) is 14.6 Å². The van der Waals surface area contributed by atoms with Gasteiger partial charge in [-0.25, -0.2) is 9.38 Å². The molecule has 0 aromatic heterocycles. The number of aliphatic hydroxyl groups is 2. The summed E-state index contributed by atoms with van der Waals surface area (Å²) < 4.78 is 19.7. The van der Waals surface area contributed by atoms with Crippen molar-refractivity contribution in [3.63, 3.8) is 0 Å². The summed E-state index contributed by atoms with van der Waals surface area (Å²) in [6.45, 7) is 8.40. The van der Waals surface area contributed by atoms with Gasteiger partial charge in [0, 0.05) is 6.20 Å². The van der Waals surface area contributed by atoms with Gasteiger partial charge in [-0.15, -0.1) is 0 Å². The van der Waals surface area contributed by atoms with Crippen LogP contribution in [0.5, 0.6) is 0 Å². The fraction of sp³-hybridized carbons (Fsp3) is 0.462. The minimum absolute atomic E-state index is 0.00604. The van der Waals surface area contributed by atoms with E-state index < -0.39 is 30.7 Å². The van der Waals surface area contributed by atoms with E-state index in [0.717, 1.165) is 11.2 Å². The Kier molecular flexibility index (Phi) is 5.92. The minimum atomic E-state index is -1.83. The highest BCUT2D eigenvalue weighted by Gasteiger charge is 2.49. The van der Waals surface area contributed by atoms with Gasteiger partial charge in [0.25, 0.3) is 0 Å². The molecule has 8 nitrogen and oxygen atoms in total. The smallest absolute Gasteiger partial charge is 0.173 e. The molecule has 124 valence electrons. The Morgan fingerprint density at radius 1 is 1.50 bits per heavy atom. The van der Waals surface area contributed by atoms with Crippen LogP contribution in [0.2, 0.25) is 0 Å². The maximum atomic E-state index is 14.3. The number of alkyl halides is 1. The lowest BCUT2D eigenvalue weighted by Gasteiger charge is -2.29. The molecule has 1 fully saturated rings. The minimum Gasteiger partial charge on any atom is -0.397 e. The second kappa shape index (κ2) is 7.25. The predicted molar refractivity (Wildman–Crippen MR) is 80.5 cm³/mol. The summed E-state index contributed by atoms with van der Waals surface area (Å²) in [4.78, 5) is 4.95. The third kappa shape index (κ3) is 3.38. The van der Waals surface area contributed by atoms with Gasteiger partial charge in [0.05, 0.1) is 23.8 Å². The lowest BCUT2D eigenvalue weighted by Crippen LogP contribution is -2.39. The number of hydrogen-bond donors (Lipinski definition) is 5. The van der Waals surface area contributed by atoms with E-state index >= 15 is 0 Å². The van der Waals surface area contributed by atoms with Crippen molar-refractivity contribution in [3.05, 3.63) is 36.6 Å². The van der Waals surface area contributed by atoms with E-state index in [2.05, 4.69) is 18.2 Å². The van der Waals surface area contributed by atoms with Crippen molar-refractivity contribution in [2.24, 2.45) is 22.2 Å². The molecule has 9 heteroatoms. The van der Waals surface area contributed by atoms with Gasteiger partial charge in [0.15, 0.2) is 18.2 Å². The number of nitrogens with zero attached hydrogens (tertiary/aromatic N) is 2. The Hall–Kier alpha value is -2.10. The first-order valence-corrected chi connectivity index (χ1v) is 6.51. The summed E-state index contributed by atoms with van der Waals surface area (Å²) in [5.41, 5.74) is 16.5. The molecule has 0 aromatic rings. The summed E-state index contributed by atoms with van der Waals surface area (Å²) in [6.07, 6.45) is -4.69. The lowest BCUT2D eigenvalue weighted by molar-refractivity contribution is -0.0867. The van der Waals surface area contributed by atoms with Crippen molar-refractivity contribution in [3.8, 4) is 0 Å². The molecule has 0 spiro atoms. The van der Waals surface area contributed by atoms with Crippen LogP contribution in [0.3, 0.4) is 0 Å². The first-order valence-electron chi connectivity index (χ1n) is 6.51. The Morgan fingerprint density at radius 3 is 2.45 bits per heavy atom. The highest BCUT2D eigenvalue weighted by Crippen LogP contribution is 2.31. The summed E-state index contributed by atoms with van der Waals surface area (Å²) in [5, 5.41) is 19.4. The predicted octanol–water partition coefficient (Wildman–Crippen LogP) is -1.18. The molecular weight excluding hydrogens is 293 g/mol. The van der Waals surface area contributed by atoms with Crippen molar-refractivity contribution in [2.45, 2.75) is 37.6 Å². The molecule has 1 heterocycles. The molecule has 1 aliphatic heterocycles. The van der Waals surface area contributed by atoms with Gasteiger partial charge < -0.3 is 37.1 Å². The van der Waals surface area contributed by atoms with Crippen LogP contribution < -0.4 is 17.2 Å². The molecule has 0 aromatic carbocycles. The van der Waals surface area contributed by atoms with Crippen molar-refractivity contribution in [2.75, 3.05) is 0 Å². The maximum Gasteiger partial charge on any atom is 0.173 e. The zero-order valence-electron chi connectivity index (χ0n) is 12.3. The van der Waals surface area contributed by atoms with E-state index in [0.29, 0.717) is 0 Å². The molecule has 0 saturated carbocycles. The Labute approximate surface area is 128 Å². The average Bonchev–Trinajstić information content (AvgIpc) is 2.75. The molecule has 1 aliphatic rings. The molecular formula is C13H22FN5O3. The van der Waals surface area contributed by atoms with Crippen LogP contribution in [0.1, 0.15) is 6.92 Å². The first kappa shape index (κ1) is 18.0. The monoisotopic (exact) mass is 315 g/mol. The number of aliphatic imine (C=N–C) groups is 1. The van der Waals surface area contributed by atoms with Gasteiger partial charge in [-0.2, -0.15) is 0 Å². The van der Waals surface area contributed by atoms with Gasteiger partial charge in [-0.1, -0.05) is 13.2 Å². The standard InChI is InChI=1S/C13H22FN5O3/c1-4-19(12(18-5-15)9(17)6(2)16)13-8(14)10(21)11(22-13)7(3)20/h4-5,7-8,10-11,13,20-21H,1-2,16-17H2,3H3,(H2,15,18)/b12-9-/t7-,8+,10-,11+,13+/m0/s1. The molecule has 0 bridgehead atoms. The van der Waals surface area contributed by atoms with Crippen molar-refractivity contribution >= 4 is 6.34 Å². The largest absolute Gasteiger partial charge is 0.397 e. The average molecular weight is 315 g/mol. The van der Waals surface area contributed by atoms with Gasteiger partial charge in [0.2, 0.25) is 0 Å². The van der Waals surface area contributed by atoms with Crippen molar-refractivity contribution in [1.82, 2.24) is 4.90 Å². The summed E-state index contributed by atoms with van der Waals surface area (Å²) in [5.74, 6) is -0.0314. The zero-order chi connectivity index (χ0) is 17.0. The van der Waals surface area contributed by atoms with Crippen molar-refractivity contribution in [1.29, 1.82) is 0 Å². The molecule has 5 atom stereocenters. The Bertz CT molecular complexity index is 494. The summed E-state index contributed by atoms with van der Waals surface area (Å²) in [6, 6.07) is 0. The van der Waals surface area contributed by atoms with Crippen LogP contribution in [0, 0.1) is 0 Å². The number of aliphatic hydroxyl groups excluding tert-OH is 2. The molecule has 0 radical (unpaired) electrons. The molecule has 8 N–H and O–H groups in total. The topological polar surface area (TPSA) is 143 Å². The maximum absolute atomic E-state index is 14.3. The molecule has 0 unspecified atom stereocenters. The number of halogens is 1. The summed E-state index contributed by atoms with van der Waals surface area (Å²) in [7, 11) is 0. The molecule has 22 heavy (non-hydrogen) atoms. The van der Waals surface area contributed by atoms with Gasteiger partial charge in [-0.05, 0) is 6.92 Å².